The Morgan fingerprint density at radius 1 is 0.963 bits per heavy atom. The molecule has 0 aliphatic carbocycles. The molecular weight excluding hydrogens is 340 g/mol. The lowest BCUT2D eigenvalue weighted by atomic mass is 10.1. The van der Waals surface area contributed by atoms with Crippen LogP contribution in [0.4, 0.5) is 0 Å². The minimum absolute atomic E-state index is 0.619. The standard InChI is InChI=1S/C21H24N4O2/c1-22-21(24-13-15-9-10-18(26-2)19(12-15)27-3)25-14-17-7-4-6-16-8-5-11-23-20(16)17/h4-12H,13-14H2,1-3H3,(H2,22,24,25). The summed E-state index contributed by atoms with van der Waals surface area (Å²) in [6, 6.07) is 16.0. The summed E-state index contributed by atoms with van der Waals surface area (Å²) in [6.45, 7) is 1.26. The van der Waals surface area contributed by atoms with E-state index in [2.05, 4.69) is 38.8 Å². The van der Waals surface area contributed by atoms with Gasteiger partial charge in [0.25, 0.3) is 0 Å². The van der Waals surface area contributed by atoms with Crippen LogP contribution < -0.4 is 20.1 Å². The van der Waals surface area contributed by atoms with Crippen LogP contribution in [0.15, 0.2) is 59.7 Å². The van der Waals surface area contributed by atoms with Crippen LogP contribution >= 0.6 is 0 Å². The summed E-state index contributed by atoms with van der Waals surface area (Å²) in [5.74, 6) is 2.14. The van der Waals surface area contributed by atoms with Crippen LogP contribution in [0.2, 0.25) is 0 Å². The molecule has 0 aliphatic rings. The molecule has 6 heteroatoms. The number of rotatable bonds is 6. The second-order valence-corrected chi connectivity index (χ2v) is 5.96. The SMILES string of the molecule is CN=C(NCc1ccc(OC)c(OC)c1)NCc1cccc2cccnc12. The van der Waals surface area contributed by atoms with Crippen molar-refractivity contribution in [3.63, 3.8) is 0 Å². The summed E-state index contributed by atoms with van der Waals surface area (Å²) in [7, 11) is 5.02. The minimum Gasteiger partial charge on any atom is -0.493 e. The number of aliphatic imine (C=N–C) groups is 1. The number of methoxy groups -OCH3 is 2. The van der Waals surface area contributed by atoms with Gasteiger partial charge >= 0.3 is 0 Å². The molecule has 3 aromatic rings. The van der Waals surface area contributed by atoms with Gasteiger partial charge in [-0.25, -0.2) is 0 Å². The van der Waals surface area contributed by atoms with Gasteiger partial charge in [-0.3, -0.25) is 9.98 Å². The van der Waals surface area contributed by atoms with Crippen molar-refractivity contribution in [3.8, 4) is 11.5 Å². The van der Waals surface area contributed by atoms with E-state index in [1.165, 1.54) is 0 Å². The van der Waals surface area contributed by atoms with E-state index in [1.807, 2.05) is 36.5 Å². The number of guanidine groups is 1. The number of ether oxygens (including phenoxy) is 2. The average molecular weight is 364 g/mol. The minimum atomic E-state index is 0.619. The maximum absolute atomic E-state index is 5.35. The fourth-order valence-electron chi connectivity index (χ4n) is 2.89. The molecule has 0 unspecified atom stereocenters. The van der Waals surface area contributed by atoms with E-state index in [-0.39, 0.29) is 0 Å². The van der Waals surface area contributed by atoms with Crippen molar-refractivity contribution in [3.05, 3.63) is 65.9 Å². The van der Waals surface area contributed by atoms with E-state index >= 15 is 0 Å². The van der Waals surface area contributed by atoms with Gasteiger partial charge in [0, 0.05) is 31.7 Å². The molecule has 0 saturated heterocycles. The third-order valence-corrected chi connectivity index (χ3v) is 4.29. The molecule has 6 nitrogen and oxygen atoms in total. The van der Waals surface area contributed by atoms with Gasteiger partial charge in [-0.1, -0.05) is 30.3 Å². The van der Waals surface area contributed by atoms with Crippen molar-refractivity contribution >= 4 is 16.9 Å². The first-order valence-electron chi connectivity index (χ1n) is 8.73. The van der Waals surface area contributed by atoms with Gasteiger partial charge in [-0.15, -0.1) is 0 Å². The Balaban J connectivity index is 1.63. The monoisotopic (exact) mass is 364 g/mol. The van der Waals surface area contributed by atoms with E-state index in [0.717, 1.165) is 28.0 Å². The van der Waals surface area contributed by atoms with Gasteiger partial charge in [0.2, 0.25) is 0 Å². The highest BCUT2D eigenvalue weighted by Gasteiger charge is 2.06. The maximum Gasteiger partial charge on any atom is 0.191 e. The average Bonchev–Trinajstić information content (AvgIpc) is 2.73. The molecule has 0 atom stereocenters. The summed E-state index contributed by atoms with van der Waals surface area (Å²) in [6.07, 6.45) is 1.82. The molecule has 1 aromatic heterocycles. The van der Waals surface area contributed by atoms with Crippen molar-refractivity contribution in [2.24, 2.45) is 4.99 Å². The molecule has 2 aromatic carbocycles. The van der Waals surface area contributed by atoms with E-state index < -0.39 is 0 Å². The lowest BCUT2D eigenvalue weighted by Crippen LogP contribution is -2.36. The summed E-state index contributed by atoms with van der Waals surface area (Å²) in [5, 5.41) is 7.79. The Morgan fingerprint density at radius 2 is 1.74 bits per heavy atom. The molecule has 0 bridgehead atoms. The fraction of sp³-hybridized carbons (Fsp3) is 0.238. The zero-order valence-corrected chi connectivity index (χ0v) is 15.8. The highest BCUT2D eigenvalue weighted by atomic mass is 16.5. The molecule has 0 fully saturated rings. The molecule has 0 radical (unpaired) electrons. The predicted octanol–water partition coefficient (Wildman–Crippen LogP) is 3.12. The van der Waals surface area contributed by atoms with E-state index in [0.29, 0.717) is 24.6 Å². The Hall–Kier alpha value is -3.28. The molecule has 27 heavy (non-hydrogen) atoms. The van der Waals surface area contributed by atoms with Gasteiger partial charge in [0.1, 0.15) is 0 Å². The van der Waals surface area contributed by atoms with Crippen LogP contribution in [0, 0.1) is 0 Å². The summed E-state index contributed by atoms with van der Waals surface area (Å²) in [5.41, 5.74) is 3.20. The molecule has 1 heterocycles. The predicted molar refractivity (Wildman–Crippen MR) is 108 cm³/mol. The normalized spacial score (nSPS) is 11.3. The molecule has 0 saturated carbocycles. The number of hydrogen-bond donors (Lipinski definition) is 2. The molecular formula is C21H24N4O2. The van der Waals surface area contributed by atoms with Crippen LogP contribution in [0.5, 0.6) is 11.5 Å². The highest BCUT2D eigenvalue weighted by molar-refractivity contribution is 5.83. The van der Waals surface area contributed by atoms with Crippen molar-refractivity contribution in [2.75, 3.05) is 21.3 Å². The number of fused-ring (bicyclic) bond motifs is 1. The number of nitrogens with zero attached hydrogens (tertiary/aromatic N) is 2. The number of hydrogen-bond acceptors (Lipinski definition) is 4. The lowest BCUT2D eigenvalue weighted by molar-refractivity contribution is 0.354. The second-order valence-electron chi connectivity index (χ2n) is 5.96. The van der Waals surface area contributed by atoms with Crippen molar-refractivity contribution in [1.82, 2.24) is 15.6 Å². The Labute approximate surface area is 159 Å². The van der Waals surface area contributed by atoms with Crippen molar-refractivity contribution in [1.29, 1.82) is 0 Å². The molecule has 2 N–H and O–H groups in total. The number of benzene rings is 2. The lowest BCUT2D eigenvalue weighted by Gasteiger charge is -2.14. The smallest absolute Gasteiger partial charge is 0.191 e. The van der Waals surface area contributed by atoms with Crippen LogP contribution in [-0.4, -0.2) is 32.2 Å². The van der Waals surface area contributed by atoms with Gasteiger partial charge in [0.05, 0.1) is 19.7 Å². The third kappa shape index (κ3) is 4.47. The van der Waals surface area contributed by atoms with Crippen LogP contribution in [0.3, 0.4) is 0 Å². The first-order valence-corrected chi connectivity index (χ1v) is 8.73. The number of aromatic nitrogens is 1. The van der Waals surface area contributed by atoms with Crippen molar-refractivity contribution < 1.29 is 9.47 Å². The first kappa shape index (κ1) is 18.5. The Morgan fingerprint density at radius 3 is 2.52 bits per heavy atom. The van der Waals surface area contributed by atoms with Crippen LogP contribution in [-0.2, 0) is 13.1 Å². The largest absolute Gasteiger partial charge is 0.493 e. The summed E-state index contributed by atoms with van der Waals surface area (Å²) in [4.78, 5) is 8.78. The highest BCUT2D eigenvalue weighted by Crippen LogP contribution is 2.27. The van der Waals surface area contributed by atoms with E-state index in [9.17, 15) is 0 Å². The van der Waals surface area contributed by atoms with Gasteiger partial charge in [0.15, 0.2) is 17.5 Å². The summed E-state index contributed by atoms with van der Waals surface area (Å²) >= 11 is 0. The fourth-order valence-corrected chi connectivity index (χ4v) is 2.89. The molecule has 0 aliphatic heterocycles. The zero-order valence-electron chi connectivity index (χ0n) is 15.8. The van der Waals surface area contributed by atoms with Gasteiger partial charge < -0.3 is 20.1 Å². The van der Waals surface area contributed by atoms with Crippen molar-refractivity contribution in [2.45, 2.75) is 13.1 Å². The van der Waals surface area contributed by atoms with E-state index in [1.54, 1.807) is 21.3 Å². The Bertz CT molecular complexity index is 935. The molecule has 0 spiro atoms. The van der Waals surface area contributed by atoms with Gasteiger partial charge in [-0.2, -0.15) is 0 Å². The third-order valence-electron chi connectivity index (χ3n) is 4.29. The van der Waals surface area contributed by atoms with E-state index in [4.69, 9.17) is 9.47 Å². The van der Waals surface area contributed by atoms with Gasteiger partial charge in [-0.05, 0) is 29.3 Å². The molecule has 3 rings (SSSR count). The van der Waals surface area contributed by atoms with Crippen LogP contribution in [0.25, 0.3) is 10.9 Å². The first-order chi connectivity index (χ1) is 13.2. The maximum atomic E-state index is 5.35. The Kier molecular flexibility index (Phi) is 6.10. The van der Waals surface area contributed by atoms with Crippen LogP contribution in [0.1, 0.15) is 11.1 Å². The second kappa shape index (κ2) is 8.89. The number of para-hydroxylation sites is 1. The summed E-state index contributed by atoms with van der Waals surface area (Å²) < 4.78 is 10.6. The topological polar surface area (TPSA) is 67.8 Å². The quantitative estimate of drug-likeness (QED) is 0.520. The molecule has 0 amide bonds. The number of nitrogens with one attached hydrogen (secondary N) is 2. The number of pyridine rings is 1. The molecule has 140 valence electrons. The zero-order chi connectivity index (χ0) is 19.1.